The largest absolute Gasteiger partial charge is 0.350 e. The van der Waals surface area contributed by atoms with Crippen molar-refractivity contribution in [2.75, 3.05) is 6.54 Å². The molecule has 102 valence electrons. The zero-order valence-corrected chi connectivity index (χ0v) is 11.5. The molecule has 0 saturated carbocycles. The number of carbonyl (C=O) groups excluding carboxylic acids is 1. The molecule has 0 bridgehead atoms. The van der Waals surface area contributed by atoms with Gasteiger partial charge in [0.25, 0.3) is 5.91 Å². The van der Waals surface area contributed by atoms with Gasteiger partial charge in [0.15, 0.2) is 0 Å². The fraction of sp³-hybridized carbons (Fsp3) is 0.462. The molecule has 1 aromatic rings. The van der Waals surface area contributed by atoms with Gasteiger partial charge >= 0.3 is 0 Å². The van der Waals surface area contributed by atoms with Gasteiger partial charge in [-0.2, -0.15) is 0 Å². The number of benzene rings is 1. The second-order valence-corrected chi connectivity index (χ2v) is 4.26. The number of nitrogens with one attached hydrogen (secondary N) is 1. The van der Waals surface area contributed by atoms with Crippen LogP contribution >= 0.6 is 12.4 Å². The van der Waals surface area contributed by atoms with Gasteiger partial charge in [-0.15, -0.1) is 12.4 Å². The first-order chi connectivity index (χ1) is 8.00. The molecule has 18 heavy (non-hydrogen) atoms. The average Bonchev–Trinajstić information content (AvgIpc) is 2.35. The van der Waals surface area contributed by atoms with Crippen molar-refractivity contribution < 1.29 is 9.18 Å². The summed E-state index contributed by atoms with van der Waals surface area (Å²) in [5.74, 6) is -0.705. The molecule has 0 spiro atoms. The molecule has 0 saturated heterocycles. The Morgan fingerprint density at radius 3 is 2.50 bits per heavy atom. The lowest BCUT2D eigenvalue weighted by Gasteiger charge is -2.26. The molecule has 1 aromatic carbocycles. The predicted octanol–water partition coefficient (Wildman–Crippen LogP) is 2.49. The van der Waals surface area contributed by atoms with Gasteiger partial charge in [0, 0.05) is 17.6 Å². The Morgan fingerprint density at radius 1 is 1.39 bits per heavy atom. The maximum Gasteiger partial charge on any atom is 0.251 e. The summed E-state index contributed by atoms with van der Waals surface area (Å²) in [5.41, 5.74) is 6.00. The van der Waals surface area contributed by atoms with Crippen LogP contribution in [0, 0.1) is 5.82 Å². The normalized spacial score (nSPS) is 10.7. The monoisotopic (exact) mass is 274 g/mol. The van der Waals surface area contributed by atoms with Crippen LogP contribution in [0.3, 0.4) is 0 Å². The number of hydrogen-bond acceptors (Lipinski definition) is 2. The van der Waals surface area contributed by atoms with Gasteiger partial charge in [-0.3, -0.25) is 4.79 Å². The summed E-state index contributed by atoms with van der Waals surface area (Å²) in [7, 11) is 0. The number of carbonyl (C=O) groups is 1. The van der Waals surface area contributed by atoms with E-state index >= 15 is 0 Å². The van der Waals surface area contributed by atoms with Crippen molar-refractivity contribution in [1.29, 1.82) is 0 Å². The second-order valence-electron chi connectivity index (χ2n) is 4.26. The molecule has 5 heteroatoms. The Bertz CT molecular complexity index is 394. The molecule has 0 unspecified atom stereocenters. The maximum absolute atomic E-state index is 12.9. The fourth-order valence-electron chi connectivity index (χ4n) is 1.49. The summed E-state index contributed by atoms with van der Waals surface area (Å²) in [6.45, 7) is 4.37. The third-order valence-electron chi connectivity index (χ3n) is 3.10. The fourth-order valence-corrected chi connectivity index (χ4v) is 1.49. The van der Waals surface area contributed by atoms with Gasteiger partial charge in [0.1, 0.15) is 5.82 Å². The van der Waals surface area contributed by atoms with Crippen LogP contribution in [-0.4, -0.2) is 18.0 Å². The minimum Gasteiger partial charge on any atom is -0.350 e. The lowest BCUT2D eigenvalue weighted by atomic mass is 9.94. The standard InChI is InChI=1S/C13H19FN2O.ClH/c1-3-13(15,4-2)9-16-12(17)10-6-5-7-11(14)8-10;/h5-8H,3-4,9,15H2,1-2H3,(H,16,17);1H. The minimum absolute atomic E-state index is 0. The predicted molar refractivity (Wildman–Crippen MR) is 73.5 cm³/mol. The number of amides is 1. The van der Waals surface area contributed by atoms with Gasteiger partial charge < -0.3 is 11.1 Å². The van der Waals surface area contributed by atoms with E-state index in [9.17, 15) is 9.18 Å². The molecule has 0 aliphatic rings. The van der Waals surface area contributed by atoms with Gasteiger partial charge in [-0.1, -0.05) is 19.9 Å². The highest BCUT2D eigenvalue weighted by molar-refractivity contribution is 5.94. The zero-order chi connectivity index (χ0) is 12.9. The molecule has 0 radical (unpaired) electrons. The molecule has 0 atom stereocenters. The van der Waals surface area contributed by atoms with E-state index in [2.05, 4.69) is 5.32 Å². The van der Waals surface area contributed by atoms with E-state index in [4.69, 9.17) is 5.73 Å². The quantitative estimate of drug-likeness (QED) is 0.867. The van der Waals surface area contributed by atoms with Crippen LogP contribution in [0.1, 0.15) is 37.0 Å². The lowest BCUT2D eigenvalue weighted by molar-refractivity contribution is 0.0941. The van der Waals surface area contributed by atoms with Gasteiger partial charge in [-0.25, -0.2) is 4.39 Å². The third-order valence-corrected chi connectivity index (χ3v) is 3.10. The van der Waals surface area contributed by atoms with Crippen molar-refractivity contribution >= 4 is 18.3 Å². The van der Waals surface area contributed by atoms with E-state index in [-0.39, 0.29) is 23.9 Å². The highest BCUT2D eigenvalue weighted by Crippen LogP contribution is 2.10. The van der Waals surface area contributed by atoms with E-state index in [1.165, 1.54) is 18.2 Å². The lowest BCUT2D eigenvalue weighted by Crippen LogP contribution is -2.49. The summed E-state index contributed by atoms with van der Waals surface area (Å²) >= 11 is 0. The first kappa shape index (κ1) is 16.9. The van der Waals surface area contributed by atoms with Crippen molar-refractivity contribution in [2.24, 2.45) is 5.73 Å². The third kappa shape index (κ3) is 4.63. The van der Waals surface area contributed by atoms with E-state index in [1.807, 2.05) is 13.8 Å². The van der Waals surface area contributed by atoms with E-state index < -0.39 is 5.82 Å². The second kappa shape index (κ2) is 7.34. The summed E-state index contributed by atoms with van der Waals surface area (Å²) in [6.07, 6.45) is 1.57. The van der Waals surface area contributed by atoms with Gasteiger partial charge in [0.05, 0.1) is 0 Å². The highest BCUT2D eigenvalue weighted by Gasteiger charge is 2.21. The molecule has 0 aliphatic heterocycles. The topological polar surface area (TPSA) is 55.1 Å². The van der Waals surface area contributed by atoms with Crippen LogP contribution in [0.5, 0.6) is 0 Å². The first-order valence-electron chi connectivity index (χ1n) is 5.83. The molecule has 0 aromatic heterocycles. The smallest absolute Gasteiger partial charge is 0.251 e. The van der Waals surface area contributed by atoms with Crippen LogP contribution in [0.2, 0.25) is 0 Å². The summed E-state index contributed by atoms with van der Waals surface area (Å²) in [4.78, 5) is 11.7. The Balaban J connectivity index is 0.00000289. The van der Waals surface area contributed by atoms with Gasteiger partial charge in [-0.05, 0) is 31.0 Å². The van der Waals surface area contributed by atoms with Crippen LogP contribution < -0.4 is 11.1 Å². The molecular formula is C13H20ClFN2O. The molecule has 0 heterocycles. The number of halogens is 2. The Labute approximate surface area is 113 Å². The maximum atomic E-state index is 12.9. The van der Waals surface area contributed by atoms with Crippen LogP contribution in [0.4, 0.5) is 4.39 Å². The van der Waals surface area contributed by atoms with E-state index in [0.717, 1.165) is 12.8 Å². The van der Waals surface area contributed by atoms with Crippen molar-refractivity contribution in [3.8, 4) is 0 Å². The SMILES string of the molecule is CCC(N)(CC)CNC(=O)c1cccc(F)c1.Cl. The Kier molecular flexibility index (Phi) is 6.88. The number of nitrogens with two attached hydrogens (primary N) is 1. The Morgan fingerprint density at radius 2 is 2.00 bits per heavy atom. The highest BCUT2D eigenvalue weighted by atomic mass is 35.5. The minimum atomic E-state index is -0.414. The van der Waals surface area contributed by atoms with Crippen LogP contribution in [-0.2, 0) is 0 Å². The number of hydrogen-bond donors (Lipinski definition) is 2. The molecule has 1 rings (SSSR count). The molecule has 3 nitrogen and oxygen atoms in total. The zero-order valence-electron chi connectivity index (χ0n) is 10.7. The Hall–Kier alpha value is -1.13. The van der Waals surface area contributed by atoms with E-state index in [0.29, 0.717) is 12.1 Å². The number of rotatable bonds is 5. The van der Waals surface area contributed by atoms with Crippen molar-refractivity contribution in [1.82, 2.24) is 5.32 Å². The van der Waals surface area contributed by atoms with Crippen molar-refractivity contribution in [3.05, 3.63) is 35.6 Å². The van der Waals surface area contributed by atoms with Crippen molar-refractivity contribution in [3.63, 3.8) is 0 Å². The average molecular weight is 275 g/mol. The summed E-state index contributed by atoms with van der Waals surface area (Å²) < 4.78 is 12.9. The van der Waals surface area contributed by atoms with Crippen LogP contribution in [0.15, 0.2) is 24.3 Å². The molecule has 0 aliphatic carbocycles. The van der Waals surface area contributed by atoms with Gasteiger partial charge in [0.2, 0.25) is 0 Å². The first-order valence-corrected chi connectivity index (χ1v) is 5.83. The van der Waals surface area contributed by atoms with Crippen molar-refractivity contribution in [2.45, 2.75) is 32.2 Å². The molecular weight excluding hydrogens is 255 g/mol. The van der Waals surface area contributed by atoms with E-state index in [1.54, 1.807) is 6.07 Å². The van der Waals surface area contributed by atoms with Crippen LogP contribution in [0.25, 0.3) is 0 Å². The summed E-state index contributed by atoms with van der Waals surface area (Å²) in [5, 5.41) is 2.74. The molecule has 3 N–H and O–H groups in total. The molecule has 0 fully saturated rings. The molecule has 1 amide bonds. The summed E-state index contributed by atoms with van der Waals surface area (Å²) in [6, 6.07) is 5.61.